The Morgan fingerprint density at radius 1 is 1.00 bits per heavy atom. The van der Waals surface area contributed by atoms with Crippen molar-refractivity contribution in [2.75, 3.05) is 6.61 Å². The summed E-state index contributed by atoms with van der Waals surface area (Å²) >= 11 is 0.891. The Morgan fingerprint density at radius 3 is 2.25 bits per heavy atom. The lowest BCUT2D eigenvalue weighted by molar-refractivity contribution is -0.139. The highest BCUT2D eigenvalue weighted by molar-refractivity contribution is 7.14. The summed E-state index contributed by atoms with van der Waals surface area (Å²) in [5.74, 6) is -0.775. The lowest BCUT2D eigenvalue weighted by Crippen LogP contribution is -2.16. The van der Waals surface area contributed by atoms with Crippen LogP contribution in [0, 0.1) is 13.8 Å². The summed E-state index contributed by atoms with van der Waals surface area (Å²) in [6.45, 7) is 4.53. The van der Waals surface area contributed by atoms with Crippen LogP contribution in [0.25, 0.3) is 11.1 Å². The maximum atomic E-state index is 14.2. The van der Waals surface area contributed by atoms with Crippen molar-refractivity contribution in [2.24, 2.45) is 0 Å². The predicted molar refractivity (Wildman–Crippen MR) is 125 cm³/mol. The van der Waals surface area contributed by atoms with Crippen LogP contribution in [-0.2, 0) is 10.9 Å². The second kappa shape index (κ2) is 10.9. The highest BCUT2D eigenvalue weighted by Gasteiger charge is 2.38. The number of thiophene rings is 1. The quantitative estimate of drug-likeness (QED) is 0.216. The number of alkyl halides is 6. The molecule has 0 bridgehead atoms. The molecule has 2 aromatic carbocycles. The van der Waals surface area contributed by atoms with Gasteiger partial charge in [-0.25, -0.2) is 4.79 Å². The first-order chi connectivity index (χ1) is 16.8. The number of rotatable bonds is 8. The van der Waals surface area contributed by atoms with Gasteiger partial charge in [0.05, 0.1) is 12.2 Å². The summed E-state index contributed by atoms with van der Waals surface area (Å²) in [6.07, 6.45) is -12.2. The standard InChI is InChI=1S/C26H24F6O3S/c1-4-34-24(33)21-11-10-20(36-21)19(12-13-25(27,28)29)35-23-15(2)14-18(17-8-6-5-7-9-17)22(16(23)3)26(30,31)32/h5-11,14,19H,4,12-13H2,1-3H3. The number of esters is 1. The van der Waals surface area contributed by atoms with Crippen LogP contribution in [0.5, 0.6) is 5.75 Å². The first-order valence-corrected chi connectivity index (χ1v) is 11.9. The Hall–Kier alpha value is -3.01. The molecule has 0 amide bonds. The monoisotopic (exact) mass is 530 g/mol. The molecule has 3 aromatic rings. The minimum atomic E-state index is -4.73. The Kier molecular flexibility index (Phi) is 8.38. The summed E-state index contributed by atoms with van der Waals surface area (Å²) in [7, 11) is 0. The van der Waals surface area contributed by atoms with Gasteiger partial charge in [0, 0.05) is 16.9 Å². The Morgan fingerprint density at radius 2 is 1.67 bits per heavy atom. The van der Waals surface area contributed by atoms with Crippen molar-refractivity contribution < 1.29 is 40.6 Å². The van der Waals surface area contributed by atoms with Crippen LogP contribution >= 0.6 is 11.3 Å². The Bertz CT molecular complexity index is 1200. The molecule has 0 aliphatic rings. The molecule has 10 heteroatoms. The summed E-state index contributed by atoms with van der Waals surface area (Å²) in [4.78, 5) is 12.5. The van der Waals surface area contributed by atoms with Gasteiger partial charge in [-0.05, 0) is 62.1 Å². The molecule has 0 fully saturated rings. The molecule has 0 spiro atoms. The third kappa shape index (κ3) is 6.60. The molecule has 0 aliphatic heterocycles. The van der Waals surface area contributed by atoms with E-state index in [0.29, 0.717) is 11.1 Å². The lowest BCUT2D eigenvalue weighted by atomic mass is 9.92. The van der Waals surface area contributed by atoms with Crippen molar-refractivity contribution in [3.63, 3.8) is 0 Å². The average Bonchev–Trinajstić information content (AvgIpc) is 3.27. The lowest BCUT2D eigenvalue weighted by Gasteiger charge is -2.25. The minimum absolute atomic E-state index is 0.0435. The van der Waals surface area contributed by atoms with Gasteiger partial charge in [0.1, 0.15) is 16.7 Å². The van der Waals surface area contributed by atoms with Gasteiger partial charge in [0.25, 0.3) is 0 Å². The number of halogens is 6. The van der Waals surface area contributed by atoms with Crippen molar-refractivity contribution in [1.82, 2.24) is 0 Å². The fourth-order valence-corrected chi connectivity index (χ4v) is 4.86. The van der Waals surface area contributed by atoms with E-state index in [1.807, 2.05) is 0 Å². The largest absolute Gasteiger partial charge is 0.484 e. The van der Waals surface area contributed by atoms with Crippen molar-refractivity contribution in [2.45, 2.75) is 52.1 Å². The number of aryl methyl sites for hydroxylation is 1. The molecule has 1 unspecified atom stereocenters. The first kappa shape index (κ1) is 27.6. The van der Waals surface area contributed by atoms with E-state index in [1.165, 1.54) is 25.1 Å². The van der Waals surface area contributed by atoms with Crippen LogP contribution in [0.1, 0.15) is 57.1 Å². The van der Waals surface area contributed by atoms with Gasteiger partial charge in [0.15, 0.2) is 0 Å². The third-order valence-electron chi connectivity index (χ3n) is 5.44. The fourth-order valence-electron chi connectivity index (χ4n) is 3.89. The average molecular weight is 531 g/mol. The molecule has 1 aromatic heterocycles. The van der Waals surface area contributed by atoms with Gasteiger partial charge < -0.3 is 9.47 Å². The molecular formula is C26H24F6O3S. The fraction of sp³-hybridized carbons (Fsp3) is 0.346. The molecule has 1 heterocycles. The van der Waals surface area contributed by atoms with Gasteiger partial charge in [-0.3, -0.25) is 0 Å². The predicted octanol–water partition coefficient (Wildman–Crippen LogP) is 8.69. The molecule has 0 N–H and O–H groups in total. The van der Waals surface area contributed by atoms with Crippen LogP contribution in [0.15, 0.2) is 48.5 Å². The summed E-state index contributed by atoms with van der Waals surface area (Å²) in [6, 6.07) is 12.2. The number of benzene rings is 2. The van der Waals surface area contributed by atoms with Crippen molar-refractivity contribution in [1.29, 1.82) is 0 Å². The molecule has 0 saturated heterocycles. The van der Waals surface area contributed by atoms with E-state index in [-0.39, 0.29) is 33.2 Å². The van der Waals surface area contributed by atoms with Gasteiger partial charge in [-0.15, -0.1) is 11.3 Å². The first-order valence-electron chi connectivity index (χ1n) is 11.1. The van der Waals surface area contributed by atoms with E-state index in [9.17, 15) is 31.1 Å². The molecule has 3 nitrogen and oxygen atoms in total. The zero-order valence-corrected chi connectivity index (χ0v) is 20.5. The topological polar surface area (TPSA) is 35.5 Å². The molecule has 0 radical (unpaired) electrons. The van der Waals surface area contributed by atoms with E-state index in [0.717, 1.165) is 11.3 Å². The van der Waals surface area contributed by atoms with Crippen molar-refractivity contribution in [3.05, 3.63) is 75.0 Å². The van der Waals surface area contributed by atoms with Crippen LogP contribution < -0.4 is 4.74 Å². The molecular weight excluding hydrogens is 506 g/mol. The maximum absolute atomic E-state index is 14.2. The van der Waals surface area contributed by atoms with E-state index in [1.54, 1.807) is 44.2 Å². The molecule has 1 atom stereocenters. The van der Waals surface area contributed by atoms with Gasteiger partial charge >= 0.3 is 18.3 Å². The Labute approximate surface area is 208 Å². The van der Waals surface area contributed by atoms with E-state index >= 15 is 0 Å². The molecule has 194 valence electrons. The number of hydrogen-bond acceptors (Lipinski definition) is 4. The van der Waals surface area contributed by atoms with E-state index in [4.69, 9.17) is 9.47 Å². The van der Waals surface area contributed by atoms with Crippen LogP contribution in [-0.4, -0.2) is 18.8 Å². The molecule has 0 saturated carbocycles. The second-order valence-corrected chi connectivity index (χ2v) is 9.23. The number of hydrogen-bond donors (Lipinski definition) is 0. The van der Waals surface area contributed by atoms with Crippen LogP contribution in [0.4, 0.5) is 26.3 Å². The van der Waals surface area contributed by atoms with E-state index < -0.39 is 42.8 Å². The highest BCUT2D eigenvalue weighted by atomic mass is 32.1. The van der Waals surface area contributed by atoms with Gasteiger partial charge in [-0.1, -0.05) is 30.3 Å². The van der Waals surface area contributed by atoms with Gasteiger partial charge in [-0.2, -0.15) is 26.3 Å². The van der Waals surface area contributed by atoms with Crippen LogP contribution in [0.2, 0.25) is 0 Å². The van der Waals surface area contributed by atoms with Crippen molar-refractivity contribution in [3.8, 4) is 16.9 Å². The summed E-state index contributed by atoms with van der Waals surface area (Å²) in [5, 5.41) is 0. The smallest absolute Gasteiger partial charge is 0.417 e. The number of carbonyl (C=O) groups excluding carboxylic acids is 1. The normalized spacial score (nSPS) is 12.9. The van der Waals surface area contributed by atoms with Gasteiger partial charge in [0.2, 0.25) is 0 Å². The summed E-state index contributed by atoms with van der Waals surface area (Å²) < 4.78 is 92.5. The summed E-state index contributed by atoms with van der Waals surface area (Å²) in [5.41, 5.74) is -0.479. The maximum Gasteiger partial charge on any atom is 0.417 e. The second-order valence-electron chi connectivity index (χ2n) is 8.12. The van der Waals surface area contributed by atoms with Crippen molar-refractivity contribution >= 4 is 17.3 Å². The zero-order valence-electron chi connectivity index (χ0n) is 19.7. The molecule has 3 rings (SSSR count). The molecule has 36 heavy (non-hydrogen) atoms. The third-order valence-corrected chi connectivity index (χ3v) is 6.60. The minimum Gasteiger partial charge on any atom is -0.484 e. The highest BCUT2D eigenvalue weighted by Crippen LogP contribution is 2.45. The zero-order chi connectivity index (χ0) is 26.7. The van der Waals surface area contributed by atoms with E-state index in [2.05, 4.69) is 0 Å². The number of ether oxygens (including phenoxy) is 2. The Balaban J connectivity index is 2.08. The molecule has 0 aliphatic carbocycles. The number of carbonyl (C=O) groups is 1. The SMILES string of the molecule is CCOC(=O)c1ccc(C(CCC(F)(F)F)Oc2c(C)cc(-c3ccccc3)c(C(F)(F)F)c2C)s1. The van der Waals surface area contributed by atoms with Crippen LogP contribution in [0.3, 0.4) is 0 Å².